The average molecular weight is 1680 g/mol. The summed E-state index contributed by atoms with van der Waals surface area (Å²) in [5, 5.41) is 52.8. The minimum absolute atomic E-state index is 0.0300. The Bertz CT molecular complexity index is 3730. The highest BCUT2D eigenvalue weighted by molar-refractivity contribution is 6.04. The molecule has 9 atom stereocenters. The number of nitrogens with zero attached hydrogens (tertiary/aromatic N) is 1. The third-order valence-corrected chi connectivity index (χ3v) is 19.1. The van der Waals surface area contributed by atoms with Gasteiger partial charge in [-0.1, -0.05) is 41.5 Å². The van der Waals surface area contributed by atoms with Gasteiger partial charge >= 0.3 is 0 Å². The van der Waals surface area contributed by atoms with Gasteiger partial charge in [0.15, 0.2) is 0 Å². The number of nitrogens with one attached hydrogen (secondary N) is 17. The zero-order valence-corrected chi connectivity index (χ0v) is 73.4. The van der Waals surface area contributed by atoms with E-state index in [0.717, 1.165) is 0 Å². The Morgan fingerprint density at radius 1 is 0.373 bits per heavy atom. The van der Waals surface area contributed by atoms with Gasteiger partial charge in [0.05, 0.1) is 19.2 Å². The zero-order chi connectivity index (χ0) is 91.9. The number of aliphatic hydroxyl groups is 1. The van der Waals surface area contributed by atoms with Crippen LogP contribution >= 0.6 is 0 Å². The van der Waals surface area contributed by atoms with Gasteiger partial charge in [0.1, 0.15) is 92.6 Å². The molecule has 9 unspecified atom stereocenters. The standard InChI is InChI=1S/C77H134N20O21/c1-38(2)34-47(58(107)93-76(23,24)67(116)94-74(19,20)66(115)86-45(29-31-51(78)100)56(105)85-49(37-98)40(5)6)84-60(109)50-28-27-33-97(50)61(110)43(9)82-54(103)41(7)81-55(104)42(8)83-63(112)73(17,18)95-69(118)77(25,26)96-68(117)75(21,22)91-57(106)46(30-32-52(79)101)87-65(114)72(15,16)92-59(108)48(35-39(3)4)88-64(113)71(13,14)90-53(102)36-80-62(111)70(11,12)89-44(10)99/h38-43,45-50,98H,27-37H2,1-26H3,(H2,78,100)(H2,79,101)(H,80,111)(H,81,104)(H,82,103)(H,83,112)(H,84,109)(H,85,105)(H,86,115)(H,87,114)(H,88,113)(H,89,99)(H,90,102)(H,91,106)(H,92,108)(H,93,107)(H,94,116)(H,95,118)(H,96,117). The van der Waals surface area contributed by atoms with Crippen molar-refractivity contribution >= 4 is 118 Å². The van der Waals surface area contributed by atoms with Crippen LogP contribution in [0, 0.1) is 17.8 Å². The lowest BCUT2D eigenvalue weighted by atomic mass is 9.95. The number of nitrogens with two attached hydrogens (primary N) is 2. The molecule has 118 heavy (non-hydrogen) atoms. The van der Waals surface area contributed by atoms with E-state index in [-0.39, 0.29) is 56.4 Å². The molecule has 668 valence electrons. The van der Waals surface area contributed by atoms with Crippen molar-refractivity contribution in [2.75, 3.05) is 19.7 Å². The fourth-order valence-electron chi connectivity index (χ4n) is 11.5. The van der Waals surface area contributed by atoms with Crippen LogP contribution in [0.3, 0.4) is 0 Å². The number of carbonyl (C=O) groups excluding carboxylic acids is 20. The van der Waals surface area contributed by atoms with Crippen LogP contribution in [0.15, 0.2) is 0 Å². The van der Waals surface area contributed by atoms with Crippen LogP contribution in [0.1, 0.15) is 231 Å². The third kappa shape index (κ3) is 33.8. The summed E-state index contributed by atoms with van der Waals surface area (Å²) in [6, 6.07) is -11.2. The van der Waals surface area contributed by atoms with Crippen molar-refractivity contribution in [3.63, 3.8) is 0 Å². The molecular weight excluding hydrogens is 1540 g/mol. The normalized spacial score (nSPS) is 15.5. The third-order valence-electron chi connectivity index (χ3n) is 19.1. The van der Waals surface area contributed by atoms with Gasteiger partial charge < -0.3 is 112 Å². The summed E-state index contributed by atoms with van der Waals surface area (Å²) in [4.78, 5) is 270. The molecule has 0 radical (unpaired) electrons. The zero-order valence-electron chi connectivity index (χ0n) is 73.4. The molecule has 0 aliphatic carbocycles. The Morgan fingerprint density at radius 3 is 1.09 bits per heavy atom. The van der Waals surface area contributed by atoms with Crippen LogP contribution in [0.25, 0.3) is 0 Å². The molecule has 0 bridgehead atoms. The maximum atomic E-state index is 14.1. The van der Waals surface area contributed by atoms with Gasteiger partial charge in [-0.3, -0.25) is 95.9 Å². The van der Waals surface area contributed by atoms with E-state index in [1.165, 1.54) is 143 Å². The minimum Gasteiger partial charge on any atom is -0.394 e. The van der Waals surface area contributed by atoms with Crippen LogP contribution in [-0.4, -0.2) is 247 Å². The number of hydrogen-bond donors (Lipinski definition) is 20. The smallest absolute Gasteiger partial charge is 0.246 e. The summed E-state index contributed by atoms with van der Waals surface area (Å²) < 4.78 is 0. The fraction of sp³-hybridized carbons (Fsp3) is 0.740. The largest absolute Gasteiger partial charge is 0.394 e. The number of primary amides is 2. The van der Waals surface area contributed by atoms with Crippen LogP contribution in [0.4, 0.5) is 0 Å². The van der Waals surface area contributed by atoms with Crippen molar-refractivity contribution in [1.29, 1.82) is 0 Å². The van der Waals surface area contributed by atoms with Gasteiger partial charge in [0, 0.05) is 26.3 Å². The molecule has 1 rings (SSSR count). The summed E-state index contributed by atoms with van der Waals surface area (Å²) >= 11 is 0. The van der Waals surface area contributed by atoms with Crippen molar-refractivity contribution < 1.29 is 101 Å². The quantitative estimate of drug-likeness (QED) is 0.0273. The van der Waals surface area contributed by atoms with Gasteiger partial charge in [0.25, 0.3) is 0 Å². The maximum absolute atomic E-state index is 14.1. The van der Waals surface area contributed by atoms with E-state index in [1.807, 2.05) is 0 Å². The summed E-state index contributed by atoms with van der Waals surface area (Å²) in [5.41, 5.74) is -3.18. The Balaban J connectivity index is 3.11. The molecule has 0 saturated carbocycles. The number of likely N-dealkylation sites (tertiary alicyclic amines) is 1. The average Bonchev–Trinajstić information content (AvgIpc) is 1.15. The maximum Gasteiger partial charge on any atom is 0.246 e. The van der Waals surface area contributed by atoms with E-state index in [2.05, 4.69) is 90.4 Å². The highest BCUT2D eigenvalue weighted by Gasteiger charge is 2.46. The number of amides is 20. The number of rotatable bonds is 46. The minimum atomic E-state index is -1.90. The molecule has 1 aliphatic heterocycles. The van der Waals surface area contributed by atoms with Crippen LogP contribution in [-0.2, 0) is 95.9 Å². The summed E-state index contributed by atoms with van der Waals surface area (Å²) in [7, 11) is 0. The Kier molecular flexibility index (Phi) is 39.0. The Labute approximate surface area is 690 Å². The van der Waals surface area contributed by atoms with Crippen molar-refractivity contribution in [2.24, 2.45) is 29.2 Å². The molecule has 0 aromatic rings. The number of aliphatic hydroxyl groups excluding tert-OH is 1. The first-order valence-corrected chi connectivity index (χ1v) is 39.4. The molecule has 1 fully saturated rings. The van der Waals surface area contributed by atoms with E-state index in [4.69, 9.17) is 11.5 Å². The summed E-state index contributed by atoms with van der Waals surface area (Å²) in [6.07, 6.45) is -0.732. The van der Waals surface area contributed by atoms with Crippen molar-refractivity contribution in [3.8, 4) is 0 Å². The molecule has 41 nitrogen and oxygen atoms in total. The van der Waals surface area contributed by atoms with E-state index in [0.29, 0.717) is 6.42 Å². The topological polar surface area (TPSA) is 621 Å². The van der Waals surface area contributed by atoms with Gasteiger partial charge in [-0.2, -0.15) is 0 Å². The molecule has 22 N–H and O–H groups in total. The molecular formula is C77H134N20O21. The van der Waals surface area contributed by atoms with Gasteiger partial charge in [0.2, 0.25) is 118 Å². The highest BCUT2D eigenvalue weighted by atomic mass is 16.3. The molecule has 41 heteroatoms. The van der Waals surface area contributed by atoms with E-state index in [9.17, 15) is 101 Å². The fourth-order valence-corrected chi connectivity index (χ4v) is 11.5. The molecule has 1 heterocycles. The summed E-state index contributed by atoms with van der Waals surface area (Å²) in [6.45, 7) is 36.0. The second-order valence-electron chi connectivity index (χ2n) is 35.5. The van der Waals surface area contributed by atoms with Crippen LogP contribution < -0.4 is 102 Å². The van der Waals surface area contributed by atoms with E-state index in [1.54, 1.807) is 41.5 Å². The Morgan fingerprint density at radius 2 is 0.703 bits per heavy atom. The number of carbonyl (C=O) groups is 20. The van der Waals surface area contributed by atoms with Crippen molar-refractivity contribution in [3.05, 3.63) is 0 Å². The number of hydrogen-bond acceptors (Lipinski definition) is 21. The second kappa shape index (κ2) is 43.7. The lowest BCUT2D eigenvalue weighted by Gasteiger charge is -2.35. The first kappa shape index (κ1) is 105. The monoisotopic (exact) mass is 1680 g/mol. The van der Waals surface area contributed by atoms with Gasteiger partial charge in [-0.15, -0.1) is 0 Å². The second-order valence-corrected chi connectivity index (χ2v) is 35.5. The van der Waals surface area contributed by atoms with Gasteiger partial charge in [-0.05, 0) is 188 Å². The molecule has 20 amide bonds. The first-order valence-electron chi connectivity index (χ1n) is 39.4. The molecule has 1 aliphatic rings. The molecule has 0 aromatic carbocycles. The van der Waals surface area contributed by atoms with Crippen LogP contribution in [0.5, 0.6) is 0 Å². The molecule has 0 aromatic heterocycles. The van der Waals surface area contributed by atoms with E-state index >= 15 is 0 Å². The SMILES string of the molecule is CC(=O)NC(C)(C)C(=O)NCC(=O)NC(C)(C)C(=O)NC(CC(C)C)C(=O)NC(C)(C)C(=O)NC(CCC(N)=O)C(=O)NC(C)(C)C(=O)NC(C)(C)C(=O)NC(C)(C)C(=O)NC(C)C(=O)NC(C)C(=O)NC(C)C(=O)N1CCCC1C(=O)NC(CC(C)C)C(=O)NC(C)(C)C(=O)NC(C)(C)C(=O)NC(CCC(N)=O)C(=O)NC(CO)C(C)C. The first-order chi connectivity index (χ1) is 53.6. The van der Waals surface area contributed by atoms with Crippen molar-refractivity contribution in [2.45, 2.75) is 330 Å². The predicted molar refractivity (Wildman–Crippen MR) is 431 cm³/mol. The summed E-state index contributed by atoms with van der Waals surface area (Å²) in [5.74, 6) is -17.0. The van der Waals surface area contributed by atoms with Gasteiger partial charge in [-0.25, -0.2) is 0 Å². The highest BCUT2D eigenvalue weighted by Crippen LogP contribution is 2.22. The predicted octanol–water partition coefficient (Wildman–Crippen LogP) is -4.52. The lowest BCUT2D eigenvalue weighted by Crippen LogP contribution is -2.67. The van der Waals surface area contributed by atoms with Crippen LogP contribution in [0.2, 0.25) is 0 Å². The molecule has 1 saturated heterocycles. The molecule has 0 spiro atoms. The lowest BCUT2D eigenvalue weighted by molar-refractivity contribution is -0.142. The van der Waals surface area contributed by atoms with E-state index < -0.39 is 243 Å². The Hall–Kier alpha value is -10.6. The van der Waals surface area contributed by atoms with Crippen molar-refractivity contribution in [1.82, 2.24) is 95.3 Å².